The van der Waals surface area contributed by atoms with E-state index in [9.17, 15) is 9.59 Å². The first-order valence-electron chi connectivity index (χ1n) is 10.5. The third-order valence-electron chi connectivity index (χ3n) is 5.13. The summed E-state index contributed by atoms with van der Waals surface area (Å²) in [6.07, 6.45) is 5.60. The van der Waals surface area contributed by atoms with Crippen LogP contribution in [0.4, 0.5) is 16.2 Å². The molecular formula is C22H21N9O2. The van der Waals surface area contributed by atoms with Crippen LogP contribution in [-0.2, 0) is 4.79 Å². The molecule has 0 saturated heterocycles. The van der Waals surface area contributed by atoms with E-state index in [1.54, 1.807) is 33.8 Å². The fourth-order valence-electron chi connectivity index (χ4n) is 3.37. The maximum absolute atomic E-state index is 12.4. The monoisotopic (exact) mass is 443 g/mol. The van der Waals surface area contributed by atoms with E-state index < -0.39 is 6.03 Å². The maximum atomic E-state index is 12.4. The molecule has 3 amide bonds. The van der Waals surface area contributed by atoms with Gasteiger partial charge in [0.15, 0.2) is 5.82 Å². The molecule has 2 aromatic carbocycles. The Morgan fingerprint density at radius 3 is 2.58 bits per heavy atom. The number of rotatable bonds is 7. The minimum absolute atomic E-state index is 0.186. The lowest BCUT2D eigenvalue weighted by molar-refractivity contribution is -0.115. The largest absolute Gasteiger partial charge is 0.329 e. The average Bonchev–Trinajstić information content (AvgIpc) is 3.31. The Morgan fingerprint density at radius 1 is 1.00 bits per heavy atom. The number of hydrogen-bond acceptors (Lipinski definition) is 6. The number of para-hydroxylation sites is 1. The zero-order valence-corrected chi connectivity index (χ0v) is 17.5. The Morgan fingerprint density at radius 2 is 1.82 bits per heavy atom. The number of urea groups is 1. The van der Waals surface area contributed by atoms with Crippen LogP contribution in [0.2, 0.25) is 0 Å². The average molecular weight is 443 g/mol. The molecule has 5 rings (SSSR count). The second-order valence-electron chi connectivity index (χ2n) is 7.58. The minimum Gasteiger partial charge on any atom is -0.329 e. The summed E-state index contributed by atoms with van der Waals surface area (Å²) in [5.41, 5.74) is 2.77. The van der Waals surface area contributed by atoms with Gasteiger partial charge in [0, 0.05) is 23.6 Å². The van der Waals surface area contributed by atoms with E-state index in [1.165, 1.54) is 0 Å². The molecule has 0 spiro atoms. The molecule has 11 nitrogen and oxygen atoms in total. The fraction of sp³-hybridized carbons (Fsp3) is 0.182. The van der Waals surface area contributed by atoms with Gasteiger partial charge >= 0.3 is 6.03 Å². The molecule has 2 heterocycles. The van der Waals surface area contributed by atoms with Crippen LogP contribution in [0.5, 0.6) is 0 Å². The summed E-state index contributed by atoms with van der Waals surface area (Å²) in [6, 6.07) is 16.1. The Hall–Kier alpha value is -4.54. The van der Waals surface area contributed by atoms with Gasteiger partial charge < -0.3 is 16.0 Å². The SMILES string of the molecule is O=C(CNC(=O)Nc1ccccc1-c1nnnn1C1CC1)Nc1ccc(-n2cccn2)cc1. The Bertz CT molecular complexity index is 1260. The van der Waals surface area contributed by atoms with Crippen molar-refractivity contribution >= 4 is 23.3 Å². The van der Waals surface area contributed by atoms with Crippen molar-refractivity contribution in [2.24, 2.45) is 0 Å². The maximum Gasteiger partial charge on any atom is 0.319 e. The van der Waals surface area contributed by atoms with Crippen LogP contribution in [-0.4, -0.2) is 48.5 Å². The standard InChI is InChI=1S/C22H21N9O2/c32-20(25-15-6-8-16(9-7-15)30-13-3-12-24-30)14-23-22(33)26-19-5-2-1-4-18(19)21-27-28-29-31(21)17-10-11-17/h1-9,12-13,17H,10-11,14H2,(H,25,32)(H2,23,26,33). The van der Waals surface area contributed by atoms with Crippen molar-refractivity contribution in [1.82, 2.24) is 35.3 Å². The zero-order chi connectivity index (χ0) is 22.6. The normalized spacial score (nSPS) is 12.8. The van der Waals surface area contributed by atoms with Crippen LogP contribution >= 0.6 is 0 Å². The molecule has 166 valence electrons. The fourth-order valence-corrected chi connectivity index (χ4v) is 3.37. The molecule has 1 saturated carbocycles. The van der Waals surface area contributed by atoms with E-state index >= 15 is 0 Å². The van der Waals surface area contributed by atoms with Crippen LogP contribution in [0, 0.1) is 0 Å². The van der Waals surface area contributed by atoms with E-state index in [-0.39, 0.29) is 12.5 Å². The molecule has 11 heteroatoms. The second kappa shape index (κ2) is 8.91. The first kappa shape index (κ1) is 20.4. The lowest BCUT2D eigenvalue weighted by Gasteiger charge is -2.12. The number of amides is 3. The van der Waals surface area contributed by atoms with E-state index in [4.69, 9.17) is 0 Å². The summed E-state index contributed by atoms with van der Waals surface area (Å²) in [7, 11) is 0. The number of carbonyl (C=O) groups excluding carboxylic acids is 2. The van der Waals surface area contributed by atoms with Gasteiger partial charge in [0.25, 0.3) is 0 Å². The Labute approximate surface area is 188 Å². The van der Waals surface area contributed by atoms with Crippen molar-refractivity contribution in [3.8, 4) is 17.1 Å². The topological polar surface area (TPSA) is 132 Å². The van der Waals surface area contributed by atoms with Crippen molar-refractivity contribution in [2.45, 2.75) is 18.9 Å². The third-order valence-corrected chi connectivity index (χ3v) is 5.13. The lowest BCUT2D eigenvalue weighted by atomic mass is 10.1. The summed E-state index contributed by atoms with van der Waals surface area (Å²) in [4.78, 5) is 24.7. The van der Waals surface area contributed by atoms with Crippen LogP contribution in [0.15, 0.2) is 67.0 Å². The van der Waals surface area contributed by atoms with Gasteiger partial charge in [-0.05, 0) is 65.7 Å². The Balaban J connectivity index is 1.17. The summed E-state index contributed by atoms with van der Waals surface area (Å²) in [6.45, 7) is -0.186. The molecule has 0 atom stereocenters. The molecular weight excluding hydrogens is 422 g/mol. The molecule has 0 radical (unpaired) electrons. The quantitative estimate of drug-likeness (QED) is 0.402. The second-order valence-corrected chi connectivity index (χ2v) is 7.58. The first-order chi connectivity index (χ1) is 16.2. The molecule has 4 aromatic rings. The van der Waals surface area contributed by atoms with E-state index in [2.05, 4.69) is 36.6 Å². The molecule has 2 aromatic heterocycles. The zero-order valence-electron chi connectivity index (χ0n) is 17.5. The number of benzene rings is 2. The van der Waals surface area contributed by atoms with Crippen molar-refractivity contribution in [2.75, 3.05) is 17.2 Å². The van der Waals surface area contributed by atoms with E-state index in [1.807, 2.05) is 42.6 Å². The summed E-state index contributed by atoms with van der Waals surface area (Å²) < 4.78 is 3.50. The van der Waals surface area contributed by atoms with Gasteiger partial charge in [0.2, 0.25) is 5.91 Å². The lowest BCUT2D eigenvalue weighted by Crippen LogP contribution is -2.35. The van der Waals surface area contributed by atoms with Crippen LogP contribution in [0.3, 0.4) is 0 Å². The molecule has 33 heavy (non-hydrogen) atoms. The molecule has 3 N–H and O–H groups in total. The number of tetrazole rings is 1. The number of carbonyl (C=O) groups is 2. The van der Waals surface area contributed by atoms with Gasteiger partial charge in [0.05, 0.1) is 24.0 Å². The molecule has 0 aliphatic heterocycles. The summed E-state index contributed by atoms with van der Waals surface area (Å²) in [5.74, 6) is 0.257. The highest BCUT2D eigenvalue weighted by molar-refractivity contribution is 5.98. The predicted molar refractivity (Wildman–Crippen MR) is 121 cm³/mol. The van der Waals surface area contributed by atoms with Crippen LogP contribution in [0.25, 0.3) is 17.1 Å². The van der Waals surface area contributed by atoms with Gasteiger partial charge in [-0.15, -0.1) is 5.10 Å². The summed E-state index contributed by atoms with van der Waals surface area (Å²) in [5, 5.41) is 24.2. The van der Waals surface area contributed by atoms with Gasteiger partial charge in [0.1, 0.15) is 0 Å². The Kier molecular flexibility index (Phi) is 5.50. The molecule has 0 bridgehead atoms. The van der Waals surface area contributed by atoms with Crippen LogP contribution < -0.4 is 16.0 Å². The van der Waals surface area contributed by atoms with Crippen LogP contribution in [0.1, 0.15) is 18.9 Å². The van der Waals surface area contributed by atoms with Crippen molar-refractivity contribution < 1.29 is 9.59 Å². The van der Waals surface area contributed by atoms with Gasteiger partial charge in [-0.2, -0.15) is 5.10 Å². The highest BCUT2D eigenvalue weighted by atomic mass is 16.2. The van der Waals surface area contributed by atoms with E-state index in [0.29, 0.717) is 28.8 Å². The molecule has 1 fully saturated rings. The van der Waals surface area contributed by atoms with Crippen molar-refractivity contribution in [1.29, 1.82) is 0 Å². The predicted octanol–water partition coefficient (Wildman–Crippen LogP) is 2.62. The van der Waals surface area contributed by atoms with Gasteiger partial charge in [-0.25, -0.2) is 14.2 Å². The number of nitrogens with one attached hydrogen (secondary N) is 3. The number of anilines is 2. The van der Waals surface area contributed by atoms with Gasteiger partial charge in [-0.1, -0.05) is 12.1 Å². The molecule has 1 aliphatic rings. The summed E-state index contributed by atoms with van der Waals surface area (Å²) >= 11 is 0. The first-order valence-corrected chi connectivity index (χ1v) is 10.5. The highest BCUT2D eigenvalue weighted by Gasteiger charge is 2.29. The smallest absolute Gasteiger partial charge is 0.319 e. The van der Waals surface area contributed by atoms with Gasteiger partial charge in [-0.3, -0.25) is 4.79 Å². The number of nitrogens with zero attached hydrogens (tertiary/aromatic N) is 6. The molecule has 0 unspecified atom stereocenters. The number of hydrogen-bond donors (Lipinski definition) is 3. The van der Waals surface area contributed by atoms with E-state index in [0.717, 1.165) is 18.5 Å². The number of aromatic nitrogens is 6. The van der Waals surface area contributed by atoms with Crippen molar-refractivity contribution in [3.05, 3.63) is 67.0 Å². The van der Waals surface area contributed by atoms with Crippen molar-refractivity contribution in [3.63, 3.8) is 0 Å². The minimum atomic E-state index is -0.503. The highest BCUT2D eigenvalue weighted by Crippen LogP contribution is 2.37. The molecule has 1 aliphatic carbocycles. The third kappa shape index (κ3) is 4.71.